The summed E-state index contributed by atoms with van der Waals surface area (Å²) in [5.74, 6) is 2.15. The van der Waals surface area contributed by atoms with Gasteiger partial charge in [-0.1, -0.05) is 37.6 Å². The molecule has 0 atom stereocenters. The normalized spacial score (nSPS) is 10.7. The fraction of sp³-hybridized carbons (Fsp3) is 0.333. The van der Waals surface area contributed by atoms with Crippen molar-refractivity contribution < 1.29 is 4.74 Å². The molecule has 0 saturated carbocycles. The van der Waals surface area contributed by atoms with E-state index in [9.17, 15) is 0 Å². The Labute approximate surface area is 107 Å². The van der Waals surface area contributed by atoms with Crippen molar-refractivity contribution >= 4 is 22.5 Å². The lowest BCUT2D eigenvalue weighted by molar-refractivity contribution is 0.419. The van der Waals surface area contributed by atoms with Gasteiger partial charge in [0.25, 0.3) is 0 Å². The van der Waals surface area contributed by atoms with Crippen LogP contribution in [0.25, 0.3) is 10.8 Å². The molecule has 0 saturated heterocycles. The minimum Gasteiger partial charge on any atom is -0.496 e. The highest BCUT2D eigenvalue weighted by molar-refractivity contribution is 7.99. The van der Waals surface area contributed by atoms with E-state index >= 15 is 0 Å². The Balaban J connectivity index is 2.37. The SMILES string of the molecule is CCCCSc1ccc(OC)c2ccccc12. The standard InChI is InChI=1S/C15H18OS/c1-3-4-11-17-15-10-9-14(16-2)12-7-5-6-8-13(12)15/h5-10H,3-4,11H2,1-2H3. The van der Waals surface area contributed by atoms with Gasteiger partial charge in [0, 0.05) is 10.3 Å². The molecule has 1 nitrogen and oxygen atoms in total. The van der Waals surface area contributed by atoms with E-state index in [-0.39, 0.29) is 0 Å². The molecule has 0 spiro atoms. The zero-order chi connectivity index (χ0) is 12.1. The van der Waals surface area contributed by atoms with Gasteiger partial charge in [0.05, 0.1) is 7.11 Å². The predicted molar refractivity (Wildman–Crippen MR) is 76.1 cm³/mol. The molecular weight excluding hydrogens is 228 g/mol. The second-order valence-corrected chi connectivity index (χ2v) is 5.15. The summed E-state index contributed by atoms with van der Waals surface area (Å²) >= 11 is 1.94. The quantitative estimate of drug-likeness (QED) is 0.556. The summed E-state index contributed by atoms with van der Waals surface area (Å²) in [6.07, 6.45) is 2.52. The lowest BCUT2D eigenvalue weighted by atomic mass is 10.1. The van der Waals surface area contributed by atoms with Crippen LogP contribution in [0.2, 0.25) is 0 Å². The van der Waals surface area contributed by atoms with Crippen molar-refractivity contribution in [3.63, 3.8) is 0 Å². The Kier molecular flexibility index (Phi) is 4.32. The summed E-state index contributed by atoms with van der Waals surface area (Å²) in [4.78, 5) is 1.36. The Morgan fingerprint density at radius 3 is 2.53 bits per heavy atom. The van der Waals surface area contributed by atoms with Crippen LogP contribution >= 0.6 is 11.8 Å². The van der Waals surface area contributed by atoms with Gasteiger partial charge in [0.1, 0.15) is 5.75 Å². The number of rotatable bonds is 5. The van der Waals surface area contributed by atoms with E-state index in [4.69, 9.17) is 4.74 Å². The Bertz CT molecular complexity index is 493. The van der Waals surface area contributed by atoms with E-state index in [0.717, 1.165) is 5.75 Å². The van der Waals surface area contributed by atoms with Crippen LogP contribution in [-0.2, 0) is 0 Å². The minimum absolute atomic E-state index is 0.959. The van der Waals surface area contributed by atoms with Gasteiger partial charge in [0.2, 0.25) is 0 Å². The predicted octanol–water partition coefficient (Wildman–Crippen LogP) is 4.74. The van der Waals surface area contributed by atoms with E-state index in [0.29, 0.717) is 0 Å². The van der Waals surface area contributed by atoms with Crippen molar-refractivity contribution in [1.82, 2.24) is 0 Å². The molecule has 0 unspecified atom stereocenters. The number of ether oxygens (including phenoxy) is 1. The van der Waals surface area contributed by atoms with Gasteiger partial charge < -0.3 is 4.74 Å². The first-order valence-electron chi connectivity index (χ1n) is 6.05. The molecule has 0 heterocycles. The Hall–Kier alpha value is -1.15. The number of hydrogen-bond acceptors (Lipinski definition) is 2. The van der Waals surface area contributed by atoms with Gasteiger partial charge >= 0.3 is 0 Å². The zero-order valence-corrected chi connectivity index (χ0v) is 11.2. The largest absolute Gasteiger partial charge is 0.496 e. The summed E-state index contributed by atoms with van der Waals surface area (Å²) in [5, 5.41) is 2.50. The van der Waals surface area contributed by atoms with Crippen molar-refractivity contribution in [1.29, 1.82) is 0 Å². The molecule has 0 aliphatic rings. The summed E-state index contributed by atoms with van der Waals surface area (Å²) < 4.78 is 5.40. The highest BCUT2D eigenvalue weighted by Gasteiger charge is 2.05. The molecule has 0 aliphatic heterocycles. The van der Waals surface area contributed by atoms with E-state index in [2.05, 4.69) is 43.3 Å². The molecule has 0 amide bonds. The van der Waals surface area contributed by atoms with Gasteiger partial charge in [-0.15, -0.1) is 11.8 Å². The number of fused-ring (bicyclic) bond motifs is 1. The van der Waals surface area contributed by atoms with Crippen molar-refractivity contribution in [3.8, 4) is 5.75 Å². The zero-order valence-electron chi connectivity index (χ0n) is 10.4. The molecule has 2 aromatic carbocycles. The van der Waals surface area contributed by atoms with Crippen LogP contribution in [0, 0.1) is 0 Å². The van der Waals surface area contributed by atoms with Gasteiger partial charge in [-0.2, -0.15) is 0 Å². The third-order valence-electron chi connectivity index (χ3n) is 2.82. The van der Waals surface area contributed by atoms with Gasteiger partial charge in [0.15, 0.2) is 0 Å². The molecule has 0 aliphatic carbocycles. The minimum atomic E-state index is 0.959. The first kappa shape index (κ1) is 12.3. The van der Waals surface area contributed by atoms with Crippen LogP contribution in [0.3, 0.4) is 0 Å². The smallest absolute Gasteiger partial charge is 0.126 e. The van der Waals surface area contributed by atoms with Crippen molar-refractivity contribution in [2.45, 2.75) is 24.7 Å². The van der Waals surface area contributed by atoms with Crippen molar-refractivity contribution in [3.05, 3.63) is 36.4 Å². The molecule has 2 aromatic rings. The number of hydrogen-bond donors (Lipinski definition) is 0. The lowest BCUT2D eigenvalue weighted by Crippen LogP contribution is -1.87. The summed E-state index contributed by atoms with van der Waals surface area (Å²) in [7, 11) is 1.73. The van der Waals surface area contributed by atoms with Crippen molar-refractivity contribution in [2.24, 2.45) is 0 Å². The maximum absolute atomic E-state index is 5.40. The van der Waals surface area contributed by atoms with Crippen LogP contribution in [0.4, 0.5) is 0 Å². The van der Waals surface area contributed by atoms with Crippen LogP contribution in [0.15, 0.2) is 41.3 Å². The first-order valence-corrected chi connectivity index (χ1v) is 7.04. The number of unbranched alkanes of at least 4 members (excludes halogenated alkanes) is 1. The highest BCUT2D eigenvalue weighted by atomic mass is 32.2. The van der Waals surface area contributed by atoms with E-state index in [1.54, 1.807) is 7.11 Å². The van der Waals surface area contributed by atoms with Gasteiger partial charge in [-0.05, 0) is 29.7 Å². The highest BCUT2D eigenvalue weighted by Crippen LogP contribution is 2.34. The van der Waals surface area contributed by atoms with Crippen molar-refractivity contribution in [2.75, 3.05) is 12.9 Å². The average molecular weight is 246 g/mol. The summed E-state index contributed by atoms with van der Waals surface area (Å²) in [6.45, 7) is 2.23. The third kappa shape index (κ3) is 2.75. The lowest BCUT2D eigenvalue weighted by Gasteiger charge is -2.09. The number of thioether (sulfide) groups is 1. The topological polar surface area (TPSA) is 9.23 Å². The molecule has 2 rings (SSSR count). The molecule has 90 valence electrons. The van der Waals surface area contributed by atoms with Crippen LogP contribution in [0.5, 0.6) is 5.75 Å². The maximum Gasteiger partial charge on any atom is 0.126 e. The molecule has 0 aromatic heterocycles. The molecule has 0 N–H and O–H groups in total. The van der Waals surface area contributed by atoms with Gasteiger partial charge in [-0.3, -0.25) is 0 Å². The third-order valence-corrected chi connectivity index (χ3v) is 3.98. The molecule has 0 bridgehead atoms. The fourth-order valence-electron chi connectivity index (χ4n) is 1.87. The monoisotopic (exact) mass is 246 g/mol. The van der Waals surface area contributed by atoms with Gasteiger partial charge in [-0.25, -0.2) is 0 Å². The number of benzene rings is 2. The molecule has 2 heteroatoms. The van der Waals surface area contributed by atoms with Crippen LogP contribution < -0.4 is 4.74 Å². The van der Waals surface area contributed by atoms with E-state index in [1.165, 1.54) is 34.3 Å². The Morgan fingerprint density at radius 2 is 1.82 bits per heavy atom. The Morgan fingerprint density at radius 1 is 1.06 bits per heavy atom. The molecule has 0 radical (unpaired) electrons. The molecule has 0 fully saturated rings. The average Bonchev–Trinajstić information content (AvgIpc) is 2.39. The second kappa shape index (κ2) is 5.97. The first-order chi connectivity index (χ1) is 8.36. The summed E-state index contributed by atoms with van der Waals surface area (Å²) in [5.41, 5.74) is 0. The molecular formula is C15H18OS. The van der Waals surface area contributed by atoms with E-state index < -0.39 is 0 Å². The second-order valence-electron chi connectivity index (χ2n) is 4.01. The summed E-state index contributed by atoms with van der Waals surface area (Å²) in [6, 6.07) is 12.7. The van der Waals surface area contributed by atoms with E-state index in [1.807, 2.05) is 11.8 Å². The fourth-order valence-corrected chi connectivity index (χ4v) is 3.02. The molecule has 17 heavy (non-hydrogen) atoms. The van der Waals surface area contributed by atoms with Crippen LogP contribution in [0.1, 0.15) is 19.8 Å². The maximum atomic E-state index is 5.40. The van der Waals surface area contributed by atoms with Crippen LogP contribution in [-0.4, -0.2) is 12.9 Å². The number of methoxy groups -OCH3 is 1.